The summed E-state index contributed by atoms with van der Waals surface area (Å²) in [6.45, 7) is 7.58. The van der Waals surface area contributed by atoms with Crippen LogP contribution in [0.5, 0.6) is 0 Å². The van der Waals surface area contributed by atoms with Crippen molar-refractivity contribution in [3.63, 3.8) is 0 Å². The van der Waals surface area contributed by atoms with Crippen LogP contribution >= 0.6 is 0 Å². The van der Waals surface area contributed by atoms with Gasteiger partial charge in [-0.15, -0.1) is 0 Å². The van der Waals surface area contributed by atoms with Crippen LogP contribution in [-0.2, 0) is 23.2 Å². The van der Waals surface area contributed by atoms with Crippen LogP contribution in [0.3, 0.4) is 0 Å². The van der Waals surface area contributed by atoms with E-state index in [1.54, 1.807) is 0 Å². The van der Waals surface area contributed by atoms with E-state index in [1.807, 2.05) is 27.7 Å². The van der Waals surface area contributed by atoms with Crippen molar-refractivity contribution in [2.24, 2.45) is 11.8 Å². The van der Waals surface area contributed by atoms with Gasteiger partial charge >= 0.3 is 29.5 Å². The molecule has 0 aliphatic rings. The van der Waals surface area contributed by atoms with Gasteiger partial charge in [-0.1, -0.05) is 27.7 Å². The molecule has 0 spiro atoms. The highest BCUT2D eigenvalue weighted by Gasteiger charge is 2.44. The third-order valence-electron chi connectivity index (χ3n) is 4.75. The lowest BCUT2D eigenvalue weighted by molar-refractivity contribution is -0.149. The van der Waals surface area contributed by atoms with Crippen molar-refractivity contribution in [1.29, 1.82) is 0 Å². The zero-order valence-corrected chi connectivity index (χ0v) is 20.1. The first-order valence-electron chi connectivity index (χ1n) is 10.4. The molecule has 0 heterocycles. The van der Waals surface area contributed by atoms with Gasteiger partial charge in [-0.3, -0.25) is 9.59 Å². The predicted octanol–water partition coefficient (Wildman–Crippen LogP) is 1.59. The molecule has 0 aromatic rings. The molecule has 0 fully saturated rings. The Morgan fingerprint density at radius 1 is 0.690 bits per heavy atom. The van der Waals surface area contributed by atoms with Crippen molar-refractivity contribution in [1.82, 2.24) is 0 Å². The average molecular weight is 455 g/mol. The molecule has 0 radical (unpaired) electrons. The number of rotatable bonds is 16. The average Bonchev–Trinajstić information content (AvgIpc) is 2.63. The van der Waals surface area contributed by atoms with E-state index in [4.69, 9.17) is 13.6 Å². The zero-order valence-electron chi connectivity index (χ0n) is 18.1. The van der Waals surface area contributed by atoms with Crippen molar-refractivity contribution in [2.45, 2.75) is 78.3 Å². The Balaban J connectivity index is 4.21. The Bertz CT molecular complexity index is 436. The number of hydrogen-bond donors (Lipinski definition) is 4. The lowest BCUT2D eigenvalue weighted by Crippen LogP contribution is -2.53. The van der Waals surface area contributed by atoms with E-state index < -0.39 is 17.6 Å². The monoisotopic (exact) mass is 454 g/mol. The molecule has 0 saturated heterocycles. The van der Waals surface area contributed by atoms with Gasteiger partial charge in [0, 0.05) is 12.1 Å². The molecule has 0 aliphatic carbocycles. The summed E-state index contributed by atoms with van der Waals surface area (Å²) in [6, 6.07) is -0.439. The van der Waals surface area contributed by atoms with Gasteiger partial charge in [-0.25, -0.2) is 0 Å². The van der Waals surface area contributed by atoms with Gasteiger partial charge in [0.1, 0.15) is 0 Å². The maximum Gasteiger partial charge on any atom is 0.488 e. The van der Waals surface area contributed by atoms with Crippen LogP contribution in [0.4, 0.5) is 0 Å². The maximum atomic E-state index is 11.8. The van der Waals surface area contributed by atoms with E-state index in [9.17, 15) is 28.8 Å². The Hall–Kier alpha value is -0.826. The molecule has 0 rings (SSSR count). The first-order chi connectivity index (χ1) is 13.5. The highest BCUT2D eigenvalue weighted by molar-refractivity contribution is 6.72. The fraction of sp³-hybridized carbons (Fsp3) is 0.889. The minimum absolute atomic E-state index is 0.00590. The lowest BCUT2D eigenvalue weighted by Gasteiger charge is -2.26. The van der Waals surface area contributed by atoms with Crippen molar-refractivity contribution in [3.05, 3.63) is 0 Å². The summed E-state index contributed by atoms with van der Waals surface area (Å²) in [5.74, 6) is -0.999. The van der Waals surface area contributed by atoms with Crippen molar-refractivity contribution in [3.8, 4) is 0 Å². The summed E-state index contributed by atoms with van der Waals surface area (Å²) >= 11 is 0. The van der Waals surface area contributed by atoms with E-state index in [0.29, 0.717) is 25.7 Å². The van der Waals surface area contributed by atoms with E-state index in [0.717, 1.165) is 0 Å². The van der Waals surface area contributed by atoms with E-state index in [2.05, 4.69) is 0 Å². The molecular formula is C18H38O9Si2. The Morgan fingerprint density at radius 2 is 1.00 bits per heavy atom. The number of carbonyl (C=O) groups is 2. The number of ether oxygens (including phenoxy) is 2. The second-order valence-electron chi connectivity index (χ2n) is 7.16. The molecule has 9 nitrogen and oxygen atoms in total. The second kappa shape index (κ2) is 14.2. The molecule has 0 amide bonds. The first kappa shape index (κ1) is 28.2. The first-order valence-corrected chi connectivity index (χ1v) is 14.5. The van der Waals surface area contributed by atoms with Gasteiger partial charge < -0.3 is 32.8 Å². The molecule has 0 aromatic heterocycles. The van der Waals surface area contributed by atoms with E-state index >= 15 is 0 Å². The zero-order chi connectivity index (χ0) is 22.5. The molecular weight excluding hydrogens is 416 g/mol. The number of carbonyl (C=O) groups excluding carboxylic acids is 2. The fourth-order valence-electron chi connectivity index (χ4n) is 2.79. The van der Waals surface area contributed by atoms with Crippen LogP contribution in [0.15, 0.2) is 0 Å². The van der Waals surface area contributed by atoms with E-state index in [1.165, 1.54) is 0 Å². The molecule has 11 heteroatoms. The standard InChI is InChI=1S/C18H38O9Si2/c1-5-15(6-2)17(19)25-11-9-13-28(21,22)27-29(23,24)14-10-12-26-18(20)16(7-3)8-4/h15-16,21-24H,5-14H2,1-4H3. The van der Waals surface area contributed by atoms with Crippen molar-refractivity contribution in [2.75, 3.05) is 13.2 Å². The summed E-state index contributed by atoms with van der Waals surface area (Å²) in [6.07, 6.45) is 2.98. The largest absolute Gasteiger partial charge is 0.488 e. The normalized spacial score (nSPS) is 12.5. The summed E-state index contributed by atoms with van der Waals surface area (Å²) in [5.41, 5.74) is 0. The highest BCUT2D eigenvalue weighted by atomic mass is 28.5. The summed E-state index contributed by atoms with van der Waals surface area (Å²) < 4.78 is 15.0. The van der Waals surface area contributed by atoms with Crippen LogP contribution in [0, 0.1) is 11.8 Å². The minimum atomic E-state index is -4.30. The molecule has 0 bridgehead atoms. The number of esters is 2. The summed E-state index contributed by atoms with van der Waals surface area (Å²) in [4.78, 5) is 63.4. The van der Waals surface area contributed by atoms with Crippen molar-refractivity contribution < 1.29 is 42.4 Å². The Kier molecular flexibility index (Phi) is 13.8. The van der Waals surface area contributed by atoms with Crippen LogP contribution in [0.25, 0.3) is 0 Å². The molecule has 0 aliphatic heterocycles. The quantitative estimate of drug-likeness (QED) is 0.155. The van der Waals surface area contributed by atoms with E-state index in [-0.39, 0.29) is 61.9 Å². The van der Waals surface area contributed by atoms with Gasteiger partial charge in [0.05, 0.1) is 25.0 Å². The fourth-order valence-corrected chi connectivity index (χ4v) is 6.91. The molecule has 0 aromatic carbocycles. The lowest BCUT2D eigenvalue weighted by atomic mass is 10.0. The number of hydrogen-bond acceptors (Lipinski definition) is 9. The maximum absolute atomic E-state index is 11.8. The van der Waals surface area contributed by atoms with Gasteiger partial charge in [0.25, 0.3) is 0 Å². The van der Waals surface area contributed by atoms with Gasteiger partial charge in [-0.2, -0.15) is 0 Å². The second-order valence-corrected chi connectivity index (χ2v) is 11.9. The molecule has 29 heavy (non-hydrogen) atoms. The molecule has 0 atom stereocenters. The van der Waals surface area contributed by atoms with Crippen LogP contribution in [0.2, 0.25) is 12.1 Å². The SMILES string of the molecule is CCC(CC)C(=O)OCCC[Si](O)(O)O[Si](O)(O)CCCOC(=O)C(CC)CC. The third kappa shape index (κ3) is 12.5. The smallest absolute Gasteiger partial charge is 0.465 e. The summed E-state index contributed by atoms with van der Waals surface area (Å²) in [7, 11) is -8.61. The molecule has 172 valence electrons. The highest BCUT2D eigenvalue weighted by Crippen LogP contribution is 2.18. The Morgan fingerprint density at radius 3 is 1.28 bits per heavy atom. The molecule has 0 unspecified atom stereocenters. The summed E-state index contributed by atoms with van der Waals surface area (Å²) in [5, 5.41) is 0. The van der Waals surface area contributed by atoms with Crippen LogP contribution in [-0.4, -0.2) is 61.9 Å². The van der Waals surface area contributed by atoms with Gasteiger partial charge in [0.2, 0.25) is 0 Å². The Labute approximate surface area is 175 Å². The van der Waals surface area contributed by atoms with Gasteiger partial charge in [0.15, 0.2) is 0 Å². The van der Waals surface area contributed by atoms with Crippen LogP contribution in [0.1, 0.15) is 66.2 Å². The minimum Gasteiger partial charge on any atom is -0.465 e. The van der Waals surface area contributed by atoms with Gasteiger partial charge in [-0.05, 0) is 38.5 Å². The topological polar surface area (TPSA) is 143 Å². The third-order valence-corrected chi connectivity index (χ3v) is 9.37. The van der Waals surface area contributed by atoms with Crippen molar-refractivity contribution >= 4 is 29.5 Å². The molecule has 0 saturated carbocycles. The van der Waals surface area contributed by atoms with Crippen LogP contribution < -0.4 is 0 Å². The predicted molar refractivity (Wildman–Crippen MR) is 110 cm³/mol. The molecule has 4 N–H and O–H groups in total.